The van der Waals surface area contributed by atoms with E-state index < -0.39 is 20.8 Å². The average Bonchev–Trinajstić information content (AvgIpc) is 3.03. The summed E-state index contributed by atoms with van der Waals surface area (Å²) in [5, 5.41) is 1.82. The lowest BCUT2D eigenvalue weighted by atomic mass is 9.80. The second-order valence-corrected chi connectivity index (χ2v) is 21.0. The van der Waals surface area contributed by atoms with Crippen molar-refractivity contribution < 1.29 is 9.30 Å². The molecule has 0 aromatic heterocycles. The summed E-state index contributed by atoms with van der Waals surface area (Å²) >= 11 is 0. The van der Waals surface area contributed by atoms with Crippen molar-refractivity contribution in [1.29, 1.82) is 0 Å². The van der Waals surface area contributed by atoms with E-state index in [9.17, 15) is 0 Å². The average molecular weight is 589 g/mol. The van der Waals surface area contributed by atoms with Gasteiger partial charge in [0.2, 0.25) is 0 Å². The van der Waals surface area contributed by atoms with Gasteiger partial charge in [-0.2, -0.15) is 0 Å². The lowest BCUT2D eigenvalue weighted by molar-refractivity contribution is -0.00357. The van der Waals surface area contributed by atoms with Crippen LogP contribution in [0.4, 0.5) is 0 Å². The molecule has 5 aromatic carbocycles. The maximum Gasteiger partial charge on any atom is 0.144 e. The van der Waals surface area contributed by atoms with E-state index in [0.29, 0.717) is 6.61 Å². The molecule has 214 valence electrons. The highest BCUT2D eigenvalue weighted by molar-refractivity contribution is 7.81. The van der Waals surface area contributed by atoms with Crippen LogP contribution in [0.2, 0.25) is 19.6 Å². The fourth-order valence-electron chi connectivity index (χ4n) is 6.64. The van der Waals surface area contributed by atoms with Gasteiger partial charge in [0.05, 0.1) is 14.7 Å². The topological polar surface area (TPSA) is 26.3 Å². The van der Waals surface area contributed by atoms with Crippen molar-refractivity contribution in [2.24, 2.45) is 5.92 Å². The van der Waals surface area contributed by atoms with Crippen molar-refractivity contribution in [1.82, 2.24) is 0 Å². The summed E-state index contributed by atoms with van der Waals surface area (Å²) in [6, 6.07) is 51.8. The third kappa shape index (κ3) is 5.88. The molecular formula is C38H41O2PSi. The number of ether oxygens (including phenoxy) is 1. The van der Waals surface area contributed by atoms with Gasteiger partial charge in [-0.1, -0.05) is 178 Å². The molecule has 2 nitrogen and oxygen atoms in total. The summed E-state index contributed by atoms with van der Waals surface area (Å²) in [5.41, 5.74) is 2.42. The quantitative estimate of drug-likeness (QED) is 0.0875. The Bertz CT molecular complexity index is 1440. The zero-order valence-electron chi connectivity index (χ0n) is 25.1. The summed E-state index contributed by atoms with van der Waals surface area (Å²) in [7, 11) is -5.06. The lowest BCUT2D eigenvalue weighted by Crippen LogP contribution is -2.49. The standard InChI is InChI=1S/C38H41O2PSi/c1-31(37(42(2,3)4)41(39,35-26-16-8-17-27-35)36-28-18-9-19-29-36)30-40-38(32-20-10-5-11-21-32,33-22-12-6-13-23-33)34-24-14-7-15-25-34/h5-29,31,37H,30H2,1-4H3/t31-,37-/m1/s1. The Hall–Kier alpha value is -3.49. The third-order valence-electron chi connectivity index (χ3n) is 8.20. The first-order valence-electron chi connectivity index (χ1n) is 14.8. The normalized spacial score (nSPS) is 13.8. The van der Waals surface area contributed by atoms with Crippen LogP contribution in [0.1, 0.15) is 23.6 Å². The predicted molar refractivity (Wildman–Crippen MR) is 181 cm³/mol. The Balaban J connectivity index is 1.64. The molecule has 0 fully saturated rings. The van der Waals surface area contributed by atoms with E-state index in [0.717, 1.165) is 27.3 Å². The first kappa shape index (κ1) is 30.0. The highest BCUT2D eigenvalue weighted by atomic mass is 31.2. The molecule has 0 aliphatic rings. The molecule has 0 spiro atoms. The first-order valence-corrected chi connectivity index (χ1v) is 20.1. The minimum absolute atomic E-state index is 0.0263. The summed E-state index contributed by atoms with van der Waals surface area (Å²) < 4.78 is 23.0. The van der Waals surface area contributed by atoms with Gasteiger partial charge in [-0.05, 0) is 22.6 Å². The van der Waals surface area contributed by atoms with Crippen LogP contribution in [0.3, 0.4) is 0 Å². The van der Waals surface area contributed by atoms with Gasteiger partial charge < -0.3 is 9.30 Å². The van der Waals surface area contributed by atoms with Crippen LogP contribution >= 0.6 is 7.14 Å². The van der Waals surface area contributed by atoms with Crippen molar-refractivity contribution >= 4 is 25.8 Å². The molecule has 0 heterocycles. The molecule has 5 rings (SSSR count). The SMILES string of the molecule is C[C@H](COC(c1ccccc1)(c1ccccc1)c1ccccc1)[C@@H]([Si](C)(C)C)P(=O)(c1ccccc1)c1ccccc1. The van der Waals surface area contributed by atoms with Gasteiger partial charge in [0.15, 0.2) is 0 Å². The van der Waals surface area contributed by atoms with Crippen LogP contribution < -0.4 is 10.6 Å². The van der Waals surface area contributed by atoms with Crippen molar-refractivity contribution in [3.8, 4) is 0 Å². The highest BCUT2D eigenvalue weighted by Crippen LogP contribution is 2.55. The Labute approximate surface area is 252 Å². The summed E-state index contributed by atoms with van der Waals surface area (Å²) in [5.74, 6) is 0.0263. The second kappa shape index (κ2) is 12.8. The largest absolute Gasteiger partial charge is 0.361 e. The molecule has 0 saturated carbocycles. The Morgan fingerprint density at radius 3 is 1.19 bits per heavy atom. The van der Waals surface area contributed by atoms with E-state index in [2.05, 4.69) is 124 Å². The molecule has 0 aliphatic carbocycles. The van der Waals surface area contributed by atoms with Gasteiger partial charge in [-0.25, -0.2) is 0 Å². The third-order valence-corrected chi connectivity index (χ3v) is 17.4. The van der Waals surface area contributed by atoms with E-state index in [1.807, 2.05) is 54.6 Å². The van der Waals surface area contributed by atoms with E-state index >= 15 is 4.57 Å². The number of rotatable bonds is 11. The molecule has 2 atom stereocenters. The van der Waals surface area contributed by atoms with Crippen LogP contribution in [0.5, 0.6) is 0 Å². The molecule has 0 aliphatic heterocycles. The van der Waals surface area contributed by atoms with Gasteiger partial charge in [0, 0.05) is 15.9 Å². The van der Waals surface area contributed by atoms with Crippen LogP contribution in [0.15, 0.2) is 152 Å². The smallest absolute Gasteiger partial charge is 0.144 e. The molecule has 42 heavy (non-hydrogen) atoms. The van der Waals surface area contributed by atoms with Crippen molar-refractivity contribution in [2.75, 3.05) is 6.61 Å². The highest BCUT2D eigenvalue weighted by Gasteiger charge is 2.48. The zero-order chi connectivity index (χ0) is 29.6. The molecule has 4 heteroatoms. The molecular weight excluding hydrogens is 547 g/mol. The molecule has 0 N–H and O–H groups in total. The summed E-state index contributed by atoms with van der Waals surface area (Å²) in [6.45, 7) is 9.76. The number of hydrogen-bond donors (Lipinski definition) is 0. The monoisotopic (exact) mass is 588 g/mol. The van der Waals surface area contributed by atoms with Crippen LogP contribution in [-0.4, -0.2) is 20.0 Å². The van der Waals surface area contributed by atoms with E-state index in [-0.39, 0.29) is 11.2 Å². The van der Waals surface area contributed by atoms with Crippen LogP contribution in [0, 0.1) is 5.92 Å². The number of benzene rings is 5. The van der Waals surface area contributed by atoms with Crippen LogP contribution in [0.25, 0.3) is 0 Å². The second-order valence-electron chi connectivity index (χ2n) is 12.2. The molecule has 0 unspecified atom stereocenters. The lowest BCUT2D eigenvalue weighted by Gasteiger charge is -2.43. The summed E-state index contributed by atoms with van der Waals surface area (Å²) in [4.78, 5) is 0. The van der Waals surface area contributed by atoms with Gasteiger partial charge in [0.1, 0.15) is 12.7 Å². The van der Waals surface area contributed by atoms with Crippen molar-refractivity contribution in [3.63, 3.8) is 0 Å². The minimum Gasteiger partial charge on any atom is -0.361 e. The van der Waals surface area contributed by atoms with E-state index in [4.69, 9.17) is 4.74 Å². The van der Waals surface area contributed by atoms with Gasteiger partial charge >= 0.3 is 0 Å². The Morgan fingerprint density at radius 1 is 0.571 bits per heavy atom. The molecule has 0 saturated heterocycles. The van der Waals surface area contributed by atoms with Gasteiger partial charge in [-0.15, -0.1) is 0 Å². The fraction of sp³-hybridized carbons (Fsp3) is 0.211. The summed E-state index contributed by atoms with van der Waals surface area (Å²) in [6.07, 6.45) is 0. The van der Waals surface area contributed by atoms with Crippen molar-refractivity contribution in [2.45, 2.75) is 37.4 Å². The van der Waals surface area contributed by atoms with Gasteiger partial charge in [0.25, 0.3) is 0 Å². The molecule has 0 amide bonds. The zero-order valence-corrected chi connectivity index (χ0v) is 27.0. The minimum atomic E-state index is -3.03. The van der Waals surface area contributed by atoms with E-state index in [1.54, 1.807) is 0 Å². The molecule has 5 aromatic rings. The maximum atomic E-state index is 15.7. The fourth-order valence-corrected chi connectivity index (χ4v) is 16.7. The molecule has 0 bridgehead atoms. The Morgan fingerprint density at radius 2 is 0.881 bits per heavy atom. The number of hydrogen-bond acceptors (Lipinski definition) is 2. The predicted octanol–water partition coefficient (Wildman–Crippen LogP) is 8.89. The maximum absolute atomic E-state index is 15.7. The van der Waals surface area contributed by atoms with E-state index in [1.165, 1.54) is 0 Å². The van der Waals surface area contributed by atoms with Crippen molar-refractivity contribution in [3.05, 3.63) is 168 Å². The van der Waals surface area contributed by atoms with Gasteiger partial charge in [-0.3, -0.25) is 0 Å². The van der Waals surface area contributed by atoms with Crippen LogP contribution in [-0.2, 0) is 14.9 Å². The first-order chi connectivity index (χ1) is 20.3. The molecule has 0 radical (unpaired) electrons. The Kier molecular flexibility index (Phi) is 9.13.